The van der Waals surface area contributed by atoms with Crippen LogP contribution in [0.25, 0.3) is 0 Å². The van der Waals surface area contributed by atoms with Crippen LogP contribution in [0.1, 0.15) is 42.5 Å². The molecular weight excluding hydrogens is 265 g/mol. The highest BCUT2D eigenvalue weighted by Gasteiger charge is 2.29. The largest absolute Gasteiger partial charge is 0.427 e. The maximum atomic E-state index is 5.44. The molecule has 1 saturated carbocycles. The molecule has 109 valence electrons. The van der Waals surface area contributed by atoms with Crippen LogP contribution in [-0.2, 0) is 11.1 Å². The number of aromatic nitrogens is 2. The van der Waals surface area contributed by atoms with Gasteiger partial charge < -0.3 is 14.4 Å². The lowest BCUT2D eigenvalue weighted by atomic mass is 10.1. The van der Waals surface area contributed by atoms with E-state index < -0.39 is 0 Å². The molecular formula is C15H19BN3O2. The van der Waals surface area contributed by atoms with Gasteiger partial charge in [0.1, 0.15) is 0 Å². The van der Waals surface area contributed by atoms with E-state index in [9.17, 15) is 0 Å². The van der Waals surface area contributed by atoms with Gasteiger partial charge in [0, 0.05) is 19.4 Å². The summed E-state index contributed by atoms with van der Waals surface area (Å²) in [6.07, 6.45) is 3.89. The fourth-order valence-electron chi connectivity index (χ4n) is 2.80. The van der Waals surface area contributed by atoms with Crippen molar-refractivity contribution >= 4 is 7.62 Å². The van der Waals surface area contributed by atoms with Crippen molar-refractivity contribution < 1.29 is 9.18 Å². The quantitative estimate of drug-likeness (QED) is 0.823. The van der Waals surface area contributed by atoms with Gasteiger partial charge >= 0.3 is 7.62 Å². The van der Waals surface area contributed by atoms with Gasteiger partial charge in [0.05, 0.1) is 0 Å². The van der Waals surface area contributed by atoms with E-state index in [1.54, 1.807) is 14.7 Å². The van der Waals surface area contributed by atoms with Gasteiger partial charge in [-0.1, -0.05) is 35.5 Å². The fraction of sp³-hybridized carbons (Fsp3) is 0.467. The summed E-state index contributed by atoms with van der Waals surface area (Å²) in [4.78, 5) is 4.56. The summed E-state index contributed by atoms with van der Waals surface area (Å²) in [5.41, 5.74) is 1.20. The van der Waals surface area contributed by atoms with Gasteiger partial charge in [-0.05, 0) is 30.9 Å². The standard InChI is InChI=1S/C15H19BN3O2/c1-20-16-18-13-8-7-12(10-13)15-17-14(19-21-15)9-11-5-3-2-4-6-11/h2-6,12-13,18H,7-10H2,1H3. The molecule has 6 heteroatoms. The zero-order valence-corrected chi connectivity index (χ0v) is 12.2. The van der Waals surface area contributed by atoms with Crippen molar-refractivity contribution in [3.8, 4) is 0 Å². The molecule has 0 spiro atoms. The third-order valence-corrected chi connectivity index (χ3v) is 3.89. The van der Waals surface area contributed by atoms with E-state index in [2.05, 4.69) is 27.5 Å². The van der Waals surface area contributed by atoms with E-state index in [4.69, 9.17) is 9.18 Å². The lowest BCUT2D eigenvalue weighted by Crippen LogP contribution is -2.31. The smallest absolute Gasteiger partial charge is 0.395 e. The minimum atomic E-state index is 0.352. The van der Waals surface area contributed by atoms with Crippen molar-refractivity contribution in [3.05, 3.63) is 47.6 Å². The number of rotatable bonds is 6. The molecule has 3 rings (SSSR count). The van der Waals surface area contributed by atoms with E-state index in [-0.39, 0.29) is 0 Å². The summed E-state index contributed by atoms with van der Waals surface area (Å²) in [6, 6.07) is 10.6. The van der Waals surface area contributed by atoms with Crippen LogP contribution in [0, 0.1) is 0 Å². The molecule has 21 heavy (non-hydrogen) atoms. The summed E-state index contributed by atoms with van der Waals surface area (Å²) in [5, 5.41) is 7.34. The molecule has 1 fully saturated rings. The van der Waals surface area contributed by atoms with E-state index in [1.165, 1.54) is 5.56 Å². The molecule has 0 aliphatic heterocycles. The van der Waals surface area contributed by atoms with Crippen molar-refractivity contribution in [1.29, 1.82) is 0 Å². The monoisotopic (exact) mass is 284 g/mol. The minimum Gasteiger partial charge on any atom is -0.427 e. The average Bonchev–Trinajstić information content (AvgIpc) is 3.15. The Morgan fingerprint density at radius 3 is 3.00 bits per heavy atom. The molecule has 1 N–H and O–H groups in total. The van der Waals surface area contributed by atoms with Crippen molar-refractivity contribution in [3.63, 3.8) is 0 Å². The number of hydrogen-bond acceptors (Lipinski definition) is 5. The molecule has 2 unspecified atom stereocenters. The van der Waals surface area contributed by atoms with Crippen LogP contribution in [0.2, 0.25) is 0 Å². The van der Waals surface area contributed by atoms with E-state index in [0.29, 0.717) is 12.0 Å². The highest BCUT2D eigenvalue weighted by molar-refractivity contribution is 6.23. The summed E-state index contributed by atoms with van der Waals surface area (Å²) in [5.74, 6) is 1.88. The Morgan fingerprint density at radius 2 is 2.19 bits per heavy atom. The molecule has 1 aromatic heterocycles. The molecule has 0 bridgehead atoms. The highest BCUT2D eigenvalue weighted by atomic mass is 16.5. The molecule has 0 saturated heterocycles. The number of nitrogens with one attached hydrogen (secondary N) is 1. The Balaban J connectivity index is 1.58. The van der Waals surface area contributed by atoms with Crippen LogP contribution >= 0.6 is 0 Å². The molecule has 1 aromatic carbocycles. The third-order valence-electron chi connectivity index (χ3n) is 3.89. The molecule has 0 amide bonds. The second-order valence-electron chi connectivity index (χ2n) is 5.44. The first-order chi connectivity index (χ1) is 10.3. The number of benzene rings is 1. The third kappa shape index (κ3) is 3.71. The van der Waals surface area contributed by atoms with Crippen molar-refractivity contribution in [2.75, 3.05) is 7.11 Å². The van der Waals surface area contributed by atoms with E-state index >= 15 is 0 Å². The van der Waals surface area contributed by atoms with Crippen LogP contribution in [0.5, 0.6) is 0 Å². The first-order valence-corrected chi connectivity index (χ1v) is 7.32. The van der Waals surface area contributed by atoms with Crippen LogP contribution in [0.15, 0.2) is 34.9 Å². The minimum absolute atomic E-state index is 0.352. The van der Waals surface area contributed by atoms with Gasteiger partial charge in [0.2, 0.25) is 5.89 Å². The molecule has 1 heterocycles. The average molecular weight is 284 g/mol. The zero-order chi connectivity index (χ0) is 14.5. The highest BCUT2D eigenvalue weighted by Crippen LogP contribution is 2.33. The maximum Gasteiger partial charge on any atom is 0.395 e. The summed E-state index contributed by atoms with van der Waals surface area (Å²) >= 11 is 0. The van der Waals surface area contributed by atoms with Gasteiger partial charge in [-0.25, -0.2) is 0 Å². The summed E-state index contributed by atoms with van der Waals surface area (Å²) in [7, 11) is 3.29. The van der Waals surface area contributed by atoms with Gasteiger partial charge in [0.15, 0.2) is 5.82 Å². The van der Waals surface area contributed by atoms with Crippen LogP contribution in [0.3, 0.4) is 0 Å². The van der Waals surface area contributed by atoms with Gasteiger partial charge in [-0.15, -0.1) is 0 Å². The second kappa shape index (κ2) is 6.87. The van der Waals surface area contributed by atoms with Crippen molar-refractivity contribution in [1.82, 2.24) is 15.4 Å². The zero-order valence-electron chi connectivity index (χ0n) is 12.2. The van der Waals surface area contributed by atoms with E-state index in [1.807, 2.05) is 18.2 Å². The number of hydrogen-bond donors (Lipinski definition) is 1. The van der Waals surface area contributed by atoms with E-state index in [0.717, 1.165) is 37.4 Å². The summed E-state index contributed by atoms with van der Waals surface area (Å²) < 4.78 is 10.4. The van der Waals surface area contributed by atoms with Crippen molar-refractivity contribution in [2.45, 2.75) is 37.6 Å². The Hall–Kier alpha value is -1.66. The first kappa shape index (κ1) is 14.3. The Morgan fingerprint density at radius 1 is 1.33 bits per heavy atom. The van der Waals surface area contributed by atoms with Crippen LogP contribution in [0.4, 0.5) is 0 Å². The molecule has 1 aliphatic carbocycles. The van der Waals surface area contributed by atoms with Gasteiger partial charge in [0.25, 0.3) is 0 Å². The predicted octanol–water partition coefficient (Wildman–Crippen LogP) is 2.07. The Labute approximate surface area is 125 Å². The summed E-state index contributed by atoms with van der Waals surface area (Å²) in [6.45, 7) is 0. The number of nitrogens with zero attached hydrogens (tertiary/aromatic N) is 2. The van der Waals surface area contributed by atoms with Crippen LogP contribution < -0.4 is 5.23 Å². The normalized spacial score (nSPS) is 21.6. The first-order valence-electron chi connectivity index (χ1n) is 7.32. The Bertz CT molecular complexity index is 561. The lowest BCUT2D eigenvalue weighted by Gasteiger charge is -2.09. The molecule has 5 nitrogen and oxygen atoms in total. The SMILES string of the molecule is CO[B]NC1CCC(c2nc(Cc3ccccc3)no2)C1. The van der Waals surface area contributed by atoms with Crippen molar-refractivity contribution in [2.24, 2.45) is 0 Å². The Kier molecular flexibility index (Phi) is 4.67. The topological polar surface area (TPSA) is 60.2 Å². The molecule has 2 atom stereocenters. The predicted molar refractivity (Wildman–Crippen MR) is 79.8 cm³/mol. The van der Waals surface area contributed by atoms with Crippen LogP contribution in [-0.4, -0.2) is 30.9 Å². The molecule has 2 aromatic rings. The molecule has 1 aliphatic rings. The van der Waals surface area contributed by atoms with Gasteiger partial charge in [-0.3, -0.25) is 0 Å². The fourth-order valence-corrected chi connectivity index (χ4v) is 2.80. The lowest BCUT2D eigenvalue weighted by molar-refractivity contribution is 0.348. The second-order valence-corrected chi connectivity index (χ2v) is 5.44. The molecule has 1 radical (unpaired) electrons. The van der Waals surface area contributed by atoms with Gasteiger partial charge in [-0.2, -0.15) is 4.98 Å². The maximum absolute atomic E-state index is 5.44.